The zero-order valence-corrected chi connectivity index (χ0v) is 17.9. The van der Waals surface area contributed by atoms with Gasteiger partial charge >= 0.3 is 0 Å². The van der Waals surface area contributed by atoms with Gasteiger partial charge in [0, 0.05) is 44.1 Å². The molecule has 6 nitrogen and oxygen atoms in total. The zero-order valence-electron chi connectivity index (χ0n) is 17.1. The van der Waals surface area contributed by atoms with E-state index < -0.39 is 15.7 Å². The zero-order chi connectivity index (χ0) is 21.3. The highest BCUT2D eigenvalue weighted by molar-refractivity contribution is 7.90. The third-order valence-corrected chi connectivity index (χ3v) is 6.80. The maximum atomic E-state index is 14.5. The van der Waals surface area contributed by atoms with E-state index in [1.807, 2.05) is 30.9 Å². The van der Waals surface area contributed by atoms with Crippen LogP contribution in [0.5, 0.6) is 0 Å². The van der Waals surface area contributed by atoms with Gasteiger partial charge < -0.3 is 9.47 Å². The summed E-state index contributed by atoms with van der Waals surface area (Å²) in [7, 11) is -3.43. The first-order valence-electron chi connectivity index (χ1n) is 10.1. The van der Waals surface area contributed by atoms with Crippen molar-refractivity contribution >= 4 is 15.8 Å². The van der Waals surface area contributed by atoms with Gasteiger partial charge in [-0.05, 0) is 60.6 Å². The van der Waals surface area contributed by atoms with Crippen molar-refractivity contribution in [1.29, 1.82) is 0 Å². The van der Waals surface area contributed by atoms with Crippen molar-refractivity contribution in [2.45, 2.75) is 37.0 Å². The summed E-state index contributed by atoms with van der Waals surface area (Å²) < 4.78 is 39.5. The van der Waals surface area contributed by atoms with Gasteiger partial charge in [0.15, 0.2) is 9.84 Å². The van der Waals surface area contributed by atoms with Gasteiger partial charge in [0.25, 0.3) is 0 Å². The Bertz CT molecular complexity index is 1130. The molecule has 1 fully saturated rings. The molecule has 3 aromatic rings. The van der Waals surface area contributed by atoms with E-state index in [0.29, 0.717) is 11.6 Å². The minimum absolute atomic E-state index is 0.0160. The molecular formula is C22H25FN4O2S. The summed E-state index contributed by atoms with van der Waals surface area (Å²) in [5.74, 6) is 0.606. The molecule has 0 unspecified atom stereocenters. The molecule has 1 aliphatic rings. The minimum Gasteiger partial charge on any atom is -0.341 e. The molecule has 1 saturated heterocycles. The lowest BCUT2D eigenvalue weighted by atomic mass is 9.91. The molecule has 0 radical (unpaired) electrons. The monoisotopic (exact) mass is 428 g/mol. The molecule has 0 N–H and O–H groups in total. The van der Waals surface area contributed by atoms with Gasteiger partial charge in [-0.25, -0.2) is 22.8 Å². The molecule has 0 amide bonds. The maximum absolute atomic E-state index is 14.5. The van der Waals surface area contributed by atoms with Crippen LogP contribution in [0.2, 0.25) is 0 Å². The van der Waals surface area contributed by atoms with E-state index in [1.54, 1.807) is 4.57 Å². The second kappa shape index (κ2) is 8.18. The Morgan fingerprint density at radius 3 is 2.43 bits per heavy atom. The fourth-order valence-electron chi connectivity index (χ4n) is 3.84. The second-order valence-electron chi connectivity index (χ2n) is 7.74. The Morgan fingerprint density at radius 2 is 1.83 bits per heavy atom. The predicted octanol–water partition coefficient (Wildman–Crippen LogP) is 3.76. The number of hydrogen-bond donors (Lipinski definition) is 0. The van der Waals surface area contributed by atoms with E-state index in [2.05, 4.69) is 21.8 Å². The highest BCUT2D eigenvalue weighted by Crippen LogP contribution is 2.30. The number of benzene rings is 1. The molecule has 158 valence electrons. The molecule has 2 aromatic heterocycles. The smallest absolute Gasteiger partial charge is 0.225 e. The lowest BCUT2D eigenvalue weighted by Crippen LogP contribution is -2.34. The summed E-state index contributed by atoms with van der Waals surface area (Å²) in [5.41, 5.74) is 2.63. The van der Waals surface area contributed by atoms with Crippen LogP contribution in [0.25, 0.3) is 5.69 Å². The van der Waals surface area contributed by atoms with Gasteiger partial charge in [-0.1, -0.05) is 6.92 Å². The number of aryl methyl sites for hydroxylation is 1. The molecule has 0 saturated carbocycles. The van der Waals surface area contributed by atoms with E-state index >= 15 is 0 Å². The third kappa shape index (κ3) is 4.23. The summed E-state index contributed by atoms with van der Waals surface area (Å²) >= 11 is 0. The molecule has 0 atom stereocenters. The Morgan fingerprint density at radius 1 is 1.13 bits per heavy atom. The quantitative estimate of drug-likeness (QED) is 0.619. The number of piperidine rings is 1. The van der Waals surface area contributed by atoms with Crippen LogP contribution in [0.15, 0.2) is 53.9 Å². The molecule has 8 heteroatoms. The Hall–Kier alpha value is -2.74. The van der Waals surface area contributed by atoms with Crippen LogP contribution in [0.4, 0.5) is 10.3 Å². The lowest BCUT2D eigenvalue weighted by molar-refractivity contribution is 0.499. The highest BCUT2D eigenvalue weighted by atomic mass is 32.2. The predicted molar refractivity (Wildman–Crippen MR) is 114 cm³/mol. The molecule has 0 aliphatic carbocycles. The molecule has 1 aromatic carbocycles. The number of anilines is 1. The molecule has 3 heterocycles. The standard InChI is InChI=1S/C22H25FN4O2S/c1-3-16-13-24-22(25-14-16)26-9-6-17(7-10-26)18-8-11-27(15-18)21-5-4-19(12-20(21)23)30(2,28)29/h4-5,8,11-15,17H,3,6-7,9-10H2,1-2H3. The number of hydrogen-bond acceptors (Lipinski definition) is 5. The first kappa shape index (κ1) is 20.5. The van der Waals surface area contributed by atoms with Crippen molar-refractivity contribution in [2.24, 2.45) is 0 Å². The van der Waals surface area contributed by atoms with Crippen LogP contribution < -0.4 is 4.90 Å². The van der Waals surface area contributed by atoms with Crippen molar-refractivity contribution in [3.63, 3.8) is 0 Å². The van der Waals surface area contributed by atoms with Crippen molar-refractivity contribution in [3.05, 3.63) is 66.0 Å². The van der Waals surface area contributed by atoms with Crippen molar-refractivity contribution in [1.82, 2.24) is 14.5 Å². The molecule has 30 heavy (non-hydrogen) atoms. The van der Waals surface area contributed by atoms with Crippen LogP contribution in [-0.2, 0) is 16.3 Å². The van der Waals surface area contributed by atoms with Gasteiger partial charge in [0.1, 0.15) is 5.82 Å². The number of sulfone groups is 1. The van der Waals surface area contributed by atoms with E-state index in [4.69, 9.17) is 0 Å². The van der Waals surface area contributed by atoms with Crippen LogP contribution >= 0.6 is 0 Å². The maximum Gasteiger partial charge on any atom is 0.225 e. The second-order valence-corrected chi connectivity index (χ2v) is 9.76. The molecule has 0 bridgehead atoms. The van der Waals surface area contributed by atoms with E-state index in [9.17, 15) is 12.8 Å². The van der Waals surface area contributed by atoms with Crippen LogP contribution in [0.1, 0.15) is 36.8 Å². The van der Waals surface area contributed by atoms with Crippen molar-refractivity contribution in [3.8, 4) is 5.69 Å². The summed E-state index contributed by atoms with van der Waals surface area (Å²) in [6.07, 6.45) is 11.5. The van der Waals surface area contributed by atoms with Gasteiger partial charge in [-0.2, -0.15) is 0 Å². The summed E-state index contributed by atoms with van der Waals surface area (Å²) in [6.45, 7) is 3.83. The highest BCUT2D eigenvalue weighted by Gasteiger charge is 2.23. The summed E-state index contributed by atoms with van der Waals surface area (Å²) in [6, 6.07) is 6.04. The first-order valence-corrected chi connectivity index (χ1v) is 12.0. The SMILES string of the molecule is CCc1cnc(N2CCC(c3ccn(-c4ccc(S(C)(=O)=O)cc4F)c3)CC2)nc1. The van der Waals surface area contributed by atoms with Gasteiger partial charge in [0.05, 0.1) is 10.6 Å². The topological polar surface area (TPSA) is 68.1 Å². The lowest BCUT2D eigenvalue weighted by Gasteiger charge is -2.31. The van der Waals surface area contributed by atoms with E-state index in [-0.39, 0.29) is 4.90 Å². The fraction of sp³-hybridized carbons (Fsp3) is 0.364. The average molecular weight is 429 g/mol. The normalized spacial score (nSPS) is 15.5. The first-order chi connectivity index (χ1) is 14.3. The van der Waals surface area contributed by atoms with E-state index in [0.717, 1.165) is 61.7 Å². The van der Waals surface area contributed by atoms with Crippen LogP contribution in [0, 0.1) is 5.82 Å². The molecule has 4 rings (SSSR count). The van der Waals surface area contributed by atoms with E-state index in [1.165, 1.54) is 12.1 Å². The summed E-state index contributed by atoms with van der Waals surface area (Å²) in [5, 5.41) is 0. The third-order valence-electron chi connectivity index (χ3n) is 5.69. The minimum atomic E-state index is -3.43. The largest absolute Gasteiger partial charge is 0.341 e. The Kier molecular flexibility index (Phi) is 5.60. The summed E-state index contributed by atoms with van der Waals surface area (Å²) in [4.78, 5) is 11.1. The number of rotatable bonds is 5. The van der Waals surface area contributed by atoms with Crippen molar-refractivity contribution < 1.29 is 12.8 Å². The van der Waals surface area contributed by atoms with Gasteiger partial charge in [0.2, 0.25) is 5.95 Å². The van der Waals surface area contributed by atoms with Crippen LogP contribution in [-0.4, -0.2) is 42.3 Å². The number of aromatic nitrogens is 3. The van der Waals surface area contributed by atoms with Gasteiger partial charge in [-0.3, -0.25) is 0 Å². The molecule has 0 spiro atoms. The van der Waals surface area contributed by atoms with Crippen molar-refractivity contribution in [2.75, 3.05) is 24.2 Å². The number of nitrogens with zero attached hydrogens (tertiary/aromatic N) is 4. The van der Waals surface area contributed by atoms with Crippen LogP contribution in [0.3, 0.4) is 0 Å². The van der Waals surface area contributed by atoms with Gasteiger partial charge in [-0.15, -0.1) is 0 Å². The average Bonchev–Trinajstić information content (AvgIpc) is 3.23. The Labute approximate surface area is 176 Å². The molecular weight excluding hydrogens is 403 g/mol. The number of halogens is 1. The fourth-order valence-corrected chi connectivity index (χ4v) is 4.47. The Balaban J connectivity index is 1.45. The molecule has 1 aliphatic heterocycles.